The SMILES string of the molecule is Cc1ccc(NC(=O)N2CC[C@@H](CC(F)(F)F)C2)cc1-c1cc(N2CCOCC2)nc(N2C[C@H](NC(=O)OC(C)(C)C)CC2=O)c1. The standard InChI is InChI=1S/C32H41F3N6O5/c1-20-5-6-23(36-29(43)40-8-7-21(18-40)17-32(33,34)35)15-25(20)22-13-26(39-9-11-45-12-10-39)38-27(14-22)41-19-24(16-28(41)42)37-30(44)46-31(2,3)4/h5-6,13-15,21,24H,7-12,16-19H2,1-4H3,(H,36,43)(H,37,44)/t21-,24+/m0/s1. The summed E-state index contributed by atoms with van der Waals surface area (Å²) in [6, 6.07) is 8.27. The van der Waals surface area contributed by atoms with Gasteiger partial charge in [-0.25, -0.2) is 14.6 Å². The number of likely N-dealkylation sites (tertiary alicyclic amines) is 1. The number of urea groups is 1. The van der Waals surface area contributed by atoms with E-state index in [4.69, 9.17) is 14.5 Å². The lowest BCUT2D eigenvalue weighted by molar-refractivity contribution is -0.143. The van der Waals surface area contributed by atoms with E-state index in [0.29, 0.717) is 50.0 Å². The molecule has 3 aliphatic heterocycles. The predicted octanol–water partition coefficient (Wildman–Crippen LogP) is 5.33. The van der Waals surface area contributed by atoms with Crippen LogP contribution >= 0.6 is 0 Å². The van der Waals surface area contributed by atoms with Gasteiger partial charge in [-0.3, -0.25) is 9.69 Å². The Balaban J connectivity index is 1.38. The maximum Gasteiger partial charge on any atom is 0.407 e. The van der Waals surface area contributed by atoms with Gasteiger partial charge < -0.3 is 29.9 Å². The van der Waals surface area contributed by atoms with E-state index >= 15 is 0 Å². The van der Waals surface area contributed by atoms with E-state index in [1.54, 1.807) is 31.7 Å². The van der Waals surface area contributed by atoms with Crippen LogP contribution in [0.1, 0.15) is 45.6 Å². The number of hydrogen-bond acceptors (Lipinski definition) is 7. The van der Waals surface area contributed by atoms with Crippen LogP contribution in [0.4, 0.5) is 40.1 Å². The first-order chi connectivity index (χ1) is 21.6. The van der Waals surface area contributed by atoms with Gasteiger partial charge in [0.1, 0.15) is 17.2 Å². The molecule has 11 nitrogen and oxygen atoms in total. The number of nitrogens with zero attached hydrogens (tertiary/aromatic N) is 4. The third kappa shape index (κ3) is 8.59. The molecule has 250 valence electrons. The maximum atomic E-state index is 13.2. The van der Waals surface area contributed by atoms with Crippen molar-refractivity contribution in [2.24, 2.45) is 5.92 Å². The van der Waals surface area contributed by atoms with Crippen molar-refractivity contribution in [3.8, 4) is 11.1 Å². The highest BCUT2D eigenvalue weighted by Crippen LogP contribution is 2.35. The van der Waals surface area contributed by atoms with Gasteiger partial charge in [0.05, 0.1) is 19.3 Å². The number of carbonyl (C=O) groups is 3. The molecule has 1 aromatic carbocycles. The largest absolute Gasteiger partial charge is 0.444 e. The van der Waals surface area contributed by atoms with Gasteiger partial charge >= 0.3 is 18.3 Å². The number of hydrogen-bond donors (Lipinski definition) is 2. The average Bonchev–Trinajstić information content (AvgIpc) is 3.58. The summed E-state index contributed by atoms with van der Waals surface area (Å²) < 4.78 is 49.5. The van der Waals surface area contributed by atoms with Crippen molar-refractivity contribution in [3.05, 3.63) is 35.9 Å². The number of aryl methyl sites for hydroxylation is 1. The van der Waals surface area contributed by atoms with Crippen LogP contribution in [-0.4, -0.2) is 91.7 Å². The number of aromatic nitrogens is 1. The van der Waals surface area contributed by atoms with Crippen molar-refractivity contribution in [1.29, 1.82) is 0 Å². The molecule has 46 heavy (non-hydrogen) atoms. The van der Waals surface area contributed by atoms with Crippen LogP contribution in [0.2, 0.25) is 0 Å². The summed E-state index contributed by atoms with van der Waals surface area (Å²) in [5.41, 5.74) is 2.29. The Bertz CT molecular complexity index is 1460. The van der Waals surface area contributed by atoms with Crippen molar-refractivity contribution >= 4 is 35.4 Å². The highest BCUT2D eigenvalue weighted by molar-refractivity contribution is 5.97. The molecule has 0 unspecified atom stereocenters. The molecular formula is C32H41F3N6O5. The van der Waals surface area contributed by atoms with Crippen molar-refractivity contribution in [3.63, 3.8) is 0 Å². The summed E-state index contributed by atoms with van der Waals surface area (Å²) in [4.78, 5) is 48.5. The van der Waals surface area contributed by atoms with Crippen molar-refractivity contribution in [2.75, 3.05) is 61.1 Å². The second-order valence-electron chi connectivity index (χ2n) is 13.1. The molecule has 4 heterocycles. The topological polar surface area (TPSA) is 116 Å². The Morgan fingerprint density at radius 3 is 2.46 bits per heavy atom. The second-order valence-corrected chi connectivity index (χ2v) is 13.1. The molecule has 3 aliphatic rings. The minimum absolute atomic E-state index is 0.0499. The van der Waals surface area contributed by atoms with Gasteiger partial charge in [-0.15, -0.1) is 0 Å². The lowest BCUT2D eigenvalue weighted by Gasteiger charge is -2.29. The van der Waals surface area contributed by atoms with Crippen molar-refractivity contribution < 1.29 is 37.0 Å². The number of ether oxygens (including phenoxy) is 2. The molecule has 2 atom stereocenters. The molecule has 4 amide bonds. The zero-order valence-corrected chi connectivity index (χ0v) is 26.6. The van der Waals surface area contributed by atoms with Crippen LogP contribution in [0.15, 0.2) is 30.3 Å². The predicted molar refractivity (Wildman–Crippen MR) is 167 cm³/mol. The fourth-order valence-electron chi connectivity index (χ4n) is 5.97. The molecule has 0 saturated carbocycles. The number of benzene rings is 1. The lowest BCUT2D eigenvalue weighted by Crippen LogP contribution is -2.40. The Kier molecular flexibility index (Phi) is 9.66. The normalized spacial score (nSPS) is 20.7. The van der Waals surface area contributed by atoms with Crippen molar-refractivity contribution in [1.82, 2.24) is 15.2 Å². The van der Waals surface area contributed by atoms with Crippen LogP contribution in [0, 0.1) is 12.8 Å². The van der Waals surface area contributed by atoms with E-state index in [-0.39, 0.29) is 32.0 Å². The summed E-state index contributed by atoms with van der Waals surface area (Å²) in [7, 11) is 0. The summed E-state index contributed by atoms with van der Waals surface area (Å²) >= 11 is 0. The Labute approximate surface area is 266 Å². The van der Waals surface area contributed by atoms with Crippen LogP contribution in [-0.2, 0) is 14.3 Å². The smallest absolute Gasteiger partial charge is 0.407 e. The van der Waals surface area contributed by atoms with Crippen LogP contribution in [0.3, 0.4) is 0 Å². The molecular weight excluding hydrogens is 605 g/mol. The monoisotopic (exact) mass is 646 g/mol. The van der Waals surface area contributed by atoms with Gasteiger partial charge in [-0.05, 0) is 81.0 Å². The molecule has 5 rings (SSSR count). The Morgan fingerprint density at radius 2 is 1.76 bits per heavy atom. The molecule has 0 aliphatic carbocycles. The highest BCUT2D eigenvalue weighted by atomic mass is 19.4. The van der Waals surface area contributed by atoms with Gasteiger partial charge in [0.2, 0.25) is 5.91 Å². The quantitative estimate of drug-likeness (QED) is 0.436. The molecule has 2 N–H and O–H groups in total. The van der Waals surface area contributed by atoms with Gasteiger partial charge in [-0.2, -0.15) is 13.2 Å². The zero-order valence-electron chi connectivity index (χ0n) is 26.6. The molecule has 0 spiro atoms. The molecule has 0 radical (unpaired) electrons. The molecule has 0 bridgehead atoms. The Morgan fingerprint density at radius 1 is 1.04 bits per heavy atom. The maximum absolute atomic E-state index is 13.2. The minimum atomic E-state index is -4.26. The van der Waals surface area contributed by atoms with Crippen molar-refractivity contribution in [2.45, 2.75) is 64.8 Å². The number of morpholine rings is 1. The van der Waals surface area contributed by atoms with Gasteiger partial charge in [0.25, 0.3) is 0 Å². The van der Waals surface area contributed by atoms with Crippen LogP contribution in [0.25, 0.3) is 11.1 Å². The highest BCUT2D eigenvalue weighted by Gasteiger charge is 2.37. The van der Waals surface area contributed by atoms with E-state index in [9.17, 15) is 27.6 Å². The summed E-state index contributed by atoms with van der Waals surface area (Å²) in [6.45, 7) is 10.1. The first-order valence-corrected chi connectivity index (χ1v) is 15.5. The number of rotatable bonds is 6. The third-order valence-corrected chi connectivity index (χ3v) is 8.15. The average molecular weight is 647 g/mol. The number of nitrogens with one attached hydrogen (secondary N) is 2. The number of carbonyl (C=O) groups excluding carboxylic acids is 3. The molecule has 1 aromatic heterocycles. The fourth-order valence-corrected chi connectivity index (χ4v) is 5.97. The zero-order chi connectivity index (χ0) is 33.2. The lowest BCUT2D eigenvalue weighted by atomic mass is 10.00. The van der Waals surface area contributed by atoms with Crippen LogP contribution in [0.5, 0.6) is 0 Å². The first-order valence-electron chi connectivity index (χ1n) is 15.5. The van der Waals surface area contributed by atoms with E-state index in [2.05, 4.69) is 15.5 Å². The summed E-state index contributed by atoms with van der Waals surface area (Å²) in [5.74, 6) is 0.291. The van der Waals surface area contributed by atoms with Gasteiger partial charge in [0.15, 0.2) is 0 Å². The summed E-state index contributed by atoms with van der Waals surface area (Å²) in [5, 5.41) is 5.63. The van der Waals surface area contributed by atoms with Gasteiger partial charge in [-0.1, -0.05) is 6.07 Å². The molecule has 3 saturated heterocycles. The van der Waals surface area contributed by atoms with E-state index < -0.39 is 42.3 Å². The molecule has 3 fully saturated rings. The fraction of sp³-hybridized carbons (Fsp3) is 0.562. The Hall–Kier alpha value is -4.07. The number of halogens is 3. The van der Waals surface area contributed by atoms with E-state index in [0.717, 1.165) is 16.7 Å². The minimum Gasteiger partial charge on any atom is -0.444 e. The first kappa shape index (κ1) is 33.3. The number of pyridine rings is 1. The third-order valence-electron chi connectivity index (χ3n) is 8.15. The van der Waals surface area contributed by atoms with Crippen LogP contribution < -0.4 is 20.4 Å². The van der Waals surface area contributed by atoms with Gasteiger partial charge in [0, 0.05) is 51.3 Å². The summed E-state index contributed by atoms with van der Waals surface area (Å²) in [6.07, 6.45) is -5.36. The number of anilines is 3. The number of amides is 4. The van der Waals surface area contributed by atoms with E-state index in [1.165, 1.54) is 4.90 Å². The molecule has 14 heteroatoms. The van der Waals surface area contributed by atoms with E-state index in [1.807, 2.05) is 31.2 Å². The number of alkyl carbamates (subject to hydrolysis) is 1. The number of alkyl halides is 3. The second kappa shape index (κ2) is 13.3. The molecule has 2 aromatic rings.